The molecule has 202 valence electrons. The number of anilines is 1. The van der Waals surface area contributed by atoms with E-state index in [1.807, 2.05) is 0 Å². The molecule has 4 aromatic rings. The number of hydrogen-bond acceptors (Lipinski definition) is 7. The summed E-state index contributed by atoms with van der Waals surface area (Å²) in [6, 6.07) is 19.0. The number of ketones is 1. The third kappa shape index (κ3) is 4.13. The second-order valence-electron chi connectivity index (χ2n) is 9.16. The zero-order valence-corrected chi connectivity index (χ0v) is 21.8. The Balaban J connectivity index is 1.79. The van der Waals surface area contributed by atoms with Crippen LogP contribution < -0.4 is 15.2 Å². The van der Waals surface area contributed by atoms with Gasteiger partial charge in [0, 0.05) is 24.7 Å². The number of nitro groups is 1. The van der Waals surface area contributed by atoms with Crippen LogP contribution in [0.2, 0.25) is 0 Å². The summed E-state index contributed by atoms with van der Waals surface area (Å²) >= 11 is 0. The fourth-order valence-corrected chi connectivity index (χ4v) is 4.92. The summed E-state index contributed by atoms with van der Waals surface area (Å²) in [5.74, 6) is -2.05. The SMILES string of the molecule is COc1ccc(C(O)=C2C(=O)C(=O)N(c3c(C)n(C)n(-c4ccccc4)c3=O)[C@H]2c2cccc([N+](=O)[O-])c2)cc1. The first-order valence-electron chi connectivity index (χ1n) is 12.2. The molecule has 1 aliphatic rings. The van der Waals surface area contributed by atoms with Crippen LogP contribution in [0.3, 0.4) is 0 Å². The average Bonchev–Trinajstić information content (AvgIpc) is 3.35. The van der Waals surface area contributed by atoms with E-state index in [1.54, 1.807) is 61.1 Å². The number of aliphatic hydroxyl groups excluding tert-OH is 1. The van der Waals surface area contributed by atoms with Gasteiger partial charge in [0.15, 0.2) is 0 Å². The second kappa shape index (κ2) is 10.0. The van der Waals surface area contributed by atoms with Crippen molar-refractivity contribution in [2.75, 3.05) is 12.0 Å². The number of para-hydroxylation sites is 1. The molecule has 5 rings (SSSR count). The Hall–Kier alpha value is -5.45. The number of amides is 1. The van der Waals surface area contributed by atoms with Crippen molar-refractivity contribution in [2.24, 2.45) is 7.05 Å². The Labute approximate surface area is 227 Å². The largest absolute Gasteiger partial charge is 0.507 e. The van der Waals surface area contributed by atoms with Crippen LogP contribution >= 0.6 is 0 Å². The van der Waals surface area contributed by atoms with E-state index in [1.165, 1.54) is 48.2 Å². The Morgan fingerprint density at radius 1 is 0.975 bits per heavy atom. The molecule has 40 heavy (non-hydrogen) atoms. The van der Waals surface area contributed by atoms with Gasteiger partial charge >= 0.3 is 0 Å². The van der Waals surface area contributed by atoms with Gasteiger partial charge in [-0.25, -0.2) is 4.68 Å². The predicted octanol–water partition coefficient (Wildman–Crippen LogP) is 4.03. The number of non-ortho nitro benzene ring substituents is 1. The van der Waals surface area contributed by atoms with Crippen LogP contribution in [0.4, 0.5) is 11.4 Å². The lowest BCUT2D eigenvalue weighted by Crippen LogP contribution is -2.34. The maximum absolute atomic E-state index is 13.9. The van der Waals surface area contributed by atoms with Crippen molar-refractivity contribution in [3.05, 3.63) is 122 Å². The first kappa shape index (κ1) is 26.2. The van der Waals surface area contributed by atoms with Crippen LogP contribution in [0.25, 0.3) is 11.4 Å². The van der Waals surface area contributed by atoms with Gasteiger partial charge in [-0.1, -0.05) is 30.3 Å². The highest BCUT2D eigenvalue weighted by molar-refractivity contribution is 6.51. The van der Waals surface area contributed by atoms with E-state index < -0.39 is 34.0 Å². The number of nitrogens with zero attached hydrogens (tertiary/aromatic N) is 4. The quantitative estimate of drug-likeness (QED) is 0.128. The van der Waals surface area contributed by atoms with Gasteiger partial charge in [-0.2, -0.15) is 0 Å². The van der Waals surface area contributed by atoms with E-state index in [0.717, 1.165) is 4.90 Å². The van der Waals surface area contributed by atoms with Crippen molar-refractivity contribution in [3.8, 4) is 11.4 Å². The molecule has 1 aromatic heterocycles. The average molecular weight is 541 g/mol. The van der Waals surface area contributed by atoms with Crippen LogP contribution in [0.1, 0.15) is 22.9 Å². The molecule has 0 saturated carbocycles. The van der Waals surface area contributed by atoms with Crippen molar-refractivity contribution in [2.45, 2.75) is 13.0 Å². The molecule has 0 spiro atoms. The molecule has 0 aliphatic carbocycles. The summed E-state index contributed by atoms with van der Waals surface area (Å²) in [5, 5.41) is 22.9. The Morgan fingerprint density at radius 2 is 1.65 bits per heavy atom. The molecule has 0 radical (unpaired) electrons. The lowest BCUT2D eigenvalue weighted by molar-refractivity contribution is -0.384. The number of benzene rings is 3. The molecule has 1 aliphatic heterocycles. The minimum Gasteiger partial charge on any atom is -0.507 e. The first-order valence-corrected chi connectivity index (χ1v) is 12.2. The van der Waals surface area contributed by atoms with Gasteiger partial charge in [-0.3, -0.25) is 34.1 Å². The van der Waals surface area contributed by atoms with E-state index in [0.29, 0.717) is 17.1 Å². The summed E-state index contributed by atoms with van der Waals surface area (Å²) in [4.78, 5) is 53.0. The number of carbonyl (C=O) groups excluding carboxylic acids is 2. The topological polar surface area (TPSA) is 137 Å². The highest BCUT2D eigenvalue weighted by atomic mass is 16.6. The number of hydrogen-bond donors (Lipinski definition) is 1. The Bertz CT molecular complexity index is 1750. The molecular formula is C29H24N4O7. The number of Topliss-reactive ketones (excluding diaryl/α,β-unsaturated/α-hetero) is 1. The lowest BCUT2D eigenvalue weighted by atomic mass is 9.94. The van der Waals surface area contributed by atoms with Crippen molar-refractivity contribution in [3.63, 3.8) is 0 Å². The number of rotatable bonds is 6. The third-order valence-electron chi connectivity index (χ3n) is 6.97. The number of nitro benzene ring substituents is 1. The molecular weight excluding hydrogens is 516 g/mol. The number of aromatic nitrogens is 2. The highest BCUT2D eigenvalue weighted by Gasteiger charge is 2.49. The number of ether oxygens (including phenoxy) is 1. The molecule has 0 bridgehead atoms. The fraction of sp³-hybridized carbons (Fsp3) is 0.138. The molecule has 2 heterocycles. The number of carbonyl (C=O) groups is 2. The molecule has 1 N–H and O–H groups in total. The molecule has 1 fully saturated rings. The van der Waals surface area contributed by atoms with Gasteiger partial charge in [0.1, 0.15) is 17.2 Å². The van der Waals surface area contributed by atoms with Crippen molar-refractivity contribution in [1.29, 1.82) is 0 Å². The molecule has 11 nitrogen and oxygen atoms in total. The number of aliphatic hydroxyl groups is 1. The minimum absolute atomic E-state index is 0.0845. The molecule has 1 amide bonds. The second-order valence-corrected chi connectivity index (χ2v) is 9.16. The van der Waals surface area contributed by atoms with Crippen LogP contribution in [0, 0.1) is 17.0 Å². The van der Waals surface area contributed by atoms with E-state index in [9.17, 15) is 29.6 Å². The lowest BCUT2D eigenvalue weighted by Gasteiger charge is -2.24. The third-order valence-corrected chi connectivity index (χ3v) is 6.97. The summed E-state index contributed by atoms with van der Waals surface area (Å²) in [6.45, 7) is 1.63. The molecule has 11 heteroatoms. The van der Waals surface area contributed by atoms with Crippen molar-refractivity contribution >= 4 is 28.8 Å². The fourth-order valence-electron chi connectivity index (χ4n) is 4.92. The molecule has 1 atom stereocenters. The summed E-state index contributed by atoms with van der Waals surface area (Å²) < 4.78 is 8.07. The van der Waals surface area contributed by atoms with E-state index in [4.69, 9.17) is 4.74 Å². The summed E-state index contributed by atoms with van der Waals surface area (Å²) in [7, 11) is 3.12. The van der Waals surface area contributed by atoms with Crippen LogP contribution in [-0.2, 0) is 16.6 Å². The first-order chi connectivity index (χ1) is 19.1. The van der Waals surface area contributed by atoms with Crippen LogP contribution in [-0.4, -0.2) is 38.2 Å². The maximum atomic E-state index is 13.9. The van der Waals surface area contributed by atoms with Crippen molar-refractivity contribution in [1.82, 2.24) is 9.36 Å². The van der Waals surface area contributed by atoms with E-state index in [-0.39, 0.29) is 28.1 Å². The van der Waals surface area contributed by atoms with Gasteiger partial charge in [0.2, 0.25) is 0 Å². The molecule has 0 unspecified atom stereocenters. The zero-order valence-electron chi connectivity index (χ0n) is 21.8. The van der Waals surface area contributed by atoms with Gasteiger partial charge in [-0.05, 0) is 48.9 Å². The Kier molecular flexibility index (Phi) is 6.56. The smallest absolute Gasteiger partial charge is 0.300 e. The van der Waals surface area contributed by atoms with Gasteiger partial charge in [-0.15, -0.1) is 0 Å². The summed E-state index contributed by atoms with van der Waals surface area (Å²) in [6.07, 6.45) is 0. The Morgan fingerprint density at radius 3 is 2.27 bits per heavy atom. The molecule has 1 saturated heterocycles. The zero-order chi connectivity index (χ0) is 28.7. The highest BCUT2D eigenvalue weighted by Crippen LogP contribution is 2.43. The van der Waals surface area contributed by atoms with Crippen molar-refractivity contribution < 1.29 is 24.4 Å². The molecule has 3 aromatic carbocycles. The summed E-state index contributed by atoms with van der Waals surface area (Å²) in [5.41, 5.74) is 0.0649. The standard InChI is InChI=1S/C29H24N4O7/c1-17-24(28(36)32(30(17)2)20-9-5-4-6-10-20)31-25(19-8-7-11-21(16-19)33(38)39)23(27(35)29(31)37)26(34)18-12-14-22(40-3)15-13-18/h4-16,25,34H,1-3H3/t25-/m0/s1. The van der Waals surface area contributed by atoms with E-state index in [2.05, 4.69) is 0 Å². The maximum Gasteiger partial charge on any atom is 0.300 e. The monoisotopic (exact) mass is 540 g/mol. The van der Waals surface area contributed by atoms with Gasteiger partial charge < -0.3 is 9.84 Å². The van der Waals surface area contributed by atoms with Crippen LogP contribution in [0.5, 0.6) is 5.75 Å². The number of methoxy groups -OCH3 is 1. The van der Waals surface area contributed by atoms with Gasteiger partial charge in [0.05, 0.1) is 35.0 Å². The normalized spacial score (nSPS) is 16.4. The van der Waals surface area contributed by atoms with Crippen LogP contribution in [0.15, 0.2) is 89.2 Å². The minimum atomic E-state index is -1.32. The van der Waals surface area contributed by atoms with Gasteiger partial charge in [0.25, 0.3) is 22.9 Å². The van der Waals surface area contributed by atoms with E-state index >= 15 is 0 Å². The predicted molar refractivity (Wildman–Crippen MR) is 147 cm³/mol.